The SMILES string of the molecule is CCNC(Cc1cc(C)ccc1OC)c1cnc(C)s1. The normalized spacial score (nSPS) is 12.4. The molecule has 0 aliphatic heterocycles. The quantitative estimate of drug-likeness (QED) is 0.881. The highest BCUT2D eigenvalue weighted by Crippen LogP contribution is 2.28. The van der Waals surface area contributed by atoms with Crippen molar-refractivity contribution in [2.45, 2.75) is 33.2 Å². The highest BCUT2D eigenvalue weighted by molar-refractivity contribution is 7.11. The first-order valence-electron chi connectivity index (χ1n) is 6.93. The first-order chi connectivity index (χ1) is 9.63. The Morgan fingerprint density at radius 3 is 2.75 bits per heavy atom. The first kappa shape index (κ1) is 15.0. The topological polar surface area (TPSA) is 34.1 Å². The number of rotatable bonds is 6. The predicted octanol–water partition coefficient (Wildman–Crippen LogP) is 3.66. The van der Waals surface area contributed by atoms with E-state index in [9.17, 15) is 0 Å². The van der Waals surface area contributed by atoms with Crippen molar-refractivity contribution in [1.82, 2.24) is 10.3 Å². The summed E-state index contributed by atoms with van der Waals surface area (Å²) in [5.74, 6) is 0.958. The molecule has 1 aromatic carbocycles. The number of ether oxygens (including phenoxy) is 1. The molecule has 0 aliphatic carbocycles. The molecular formula is C16H22N2OS. The zero-order chi connectivity index (χ0) is 14.5. The lowest BCUT2D eigenvalue weighted by Crippen LogP contribution is -2.22. The second-order valence-corrected chi connectivity index (χ2v) is 6.18. The molecule has 0 radical (unpaired) electrons. The van der Waals surface area contributed by atoms with Gasteiger partial charge in [0.15, 0.2) is 0 Å². The van der Waals surface area contributed by atoms with Crippen LogP contribution in [0.15, 0.2) is 24.4 Å². The summed E-state index contributed by atoms with van der Waals surface area (Å²) in [7, 11) is 1.73. The van der Waals surface area contributed by atoms with Crippen molar-refractivity contribution in [1.29, 1.82) is 0 Å². The van der Waals surface area contributed by atoms with Crippen molar-refractivity contribution >= 4 is 11.3 Å². The minimum Gasteiger partial charge on any atom is -0.496 e. The maximum atomic E-state index is 5.48. The summed E-state index contributed by atoms with van der Waals surface area (Å²) in [5.41, 5.74) is 2.50. The maximum Gasteiger partial charge on any atom is 0.122 e. The molecule has 1 unspecified atom stereocenters. The second kappa shape index (κ2) is 6.86. The largest absolute Gasteiger partial charge is 0.496 e. The van der Waals surface area contributed by atoms with Gasteiger partial charge in [-0.25, -0.2) is 4.98 Å². The fourth-order valence-electron chi connectivity index (χ4n) is 2.35. The third-order valence-corrected chi connectivity index (χ3v) is 4.32. The average Bonchev–Trinajstić information content (AvgIpc) is 2.85. The minimum absolute atomic E-state index is 0.293. The van der Waals surface area contributed by atoms with Gasteiger partial charge in [-0.15, -0.1) is 11.3 Å². The number of nitrogens with one attached hydrogen (secondary N) is 1. The number of aryl methyl sites for hydroxylation is 2. The van der Waals surface area contributed by atoms with E-state index in [2.05, 4.69) is 36.3 Å². The van der Waals surface area contributed by atoms with Gasteiger partial charge in [-0.05, 0) is 38.4 Å². The van der Waals surface area contributed by atoms with Gasteiger partial charge in [0.05, 0.1) is 12.1 Å². The lowest BCUT2D eigenvalue weighted by molar-refractivity contribution is 0.406. The van der Waals surface area contributed by atoms with Crippen LogP contribution in [0.25, 0.3) is 0 Å². The minimum atomic E-state index is 0.293. The number of hydrogen-bond acceptors (Lipinski definition) is 4. The van der Waals surface area contributed by atoms with Gasteiger partial charge in [0, 0.05) is 17.1 Å². The summed E-state index contributed by atoms with van der Waals surface area (Å²) in [6, 6.07) is 6.63. The van der Waals surface area contributed by atoms with Crippen molar-refractivity contribution < 1.29 is 4.74 Å². The number of nitrogens with zero attached hydrogens (tertiary/aromatic N) is 1. The molecule has 1 N–H and O–H groups in total. The number of likely N-dealkylation sites (N-methyl/N-ethyl adjacent to an activating group) is 1. The highest BCUT2D eigenvalue weighted by atomic mass is 32.1. The molecule has 0 spiro atoms. The molecule has 0 aliphatic rings. The van der Waals surface area contributed by atoms with E-state index in [0.717, 1.165) is 23.7 Å². The van der Waals surface area contributed by atoms with Crippen LogP contribution in [0.3, 0.4) is 0 Å². The summed E-state index contributed by atoms with van der Waals surface area (Å²) in [6.45, 7) is 7.23. The molecule has 4 heteroatoms. The van der Waals surface area contributed by atoms with E-state index in [0.29, 0.717) is 6.04 Å². The highest BCUT2D eigenvalue weighted by Gasteiger charge is 2.16. The van der Waals surface area contributed by atoms with Gasteiger partial charge in [-0.1, -0.05) is 24.6 Å². The second-order valence-electron chi connectivity index (χ2n) is 4.91. The van der Waals surface area contributed by atoms with Crippen LogP contribution < -0.4 is 10.1 Å². The summed E-state index contributed by atoms with van der Waals surface area (Å²) in [6.07, 6.45) is 2.90. The van der Waals surface area contributed by atoms with E-state index in [1.165, 1.54) is 16.0 Å². The van der Waals surface area contributed by atoms with Crippen molar-refractivity contribution in [2.24, 2.45) is 0 Å². The van der Waals surface area contributed by atoms with Crippen LogP contribution in [-0.4, -0.2) is 18.6 Å². The number of aromatic nitrogens is 1. The molecule has 1 aromatic heterocycles. The fourth-order valence-corrected chi connectivity index (χ4v) is 3.21. The summed E-state index contributed by atoms with van der Waals surface area (Å²) in [5, 5.41) is 4.66. The Balaban J connectivity index is 2.26. The molecule has 0 amide bonds. The standard InChI is InChI=1S/C16H22N2OS/c1-5-17-14(16-10-18-12(3)20-16)9-13-8-11(2)6-7-15(13)19-4/h6-8,10,14,17H,5,9H2,1-4H3. The third-order valence-electron chi connectivity index (χ3n) is 3.29. The Kier molecular flexibility index (Phi) is 5.15. The Labute approximate surface area is 125 Å². The van der Waals surface area contributed by atoms with Gasteiger partial charge in [-0.3, -0.25) is 0 Å². The van der Waals surface area contributed by atoms with Crippen LogP contribution in [-0.2, 0) is 6.42 Å². The van der Waals surface area contributed by atoms with Crippen LogP contribution >= 0.6 is 11.3 Å². The molecule has 0 bridgehead atoms. The Morgan fingerprint density at radius 1 is 1.35 bits per heavy atom. The Hall–Kier alpha value is -1.39. The van der Waals surface area contributed by atoms with Gasteiger partial charge in [-0.2, -0.15) is 0 Å². The average molecular weight is 290 g/mol. The molecule has 2 rings (SSSR count). The maximum absolute atomic E-state index is 5.48. The molecule has 20 heavy (non-hydrogen) atoms. The molecule has 0 saturated heterocycles. The molecule has 3 nitrogen and oxygen atoms in total. The lowest BCUT2D eigenvalue weighted by Gasteiger charge is -2.18. The Bertz CT molecular complexity index is 565. The summed E-state index contributed by atoms with van der Waals surface area (Å²) >= 11 is 1.76. The molecule has 1 heterocycles. The van der Waals surface area contributed by atoms with E-state index < -0.39 is 0 Å². The van der Waals surface area contributed by atoms with E-state index >= 15 is 0 Å². The zero-order valence-electron chi connectivity index (χ0n) is 12.6. The van der Waals surface area contributed by atoms with Gasteiger partial charge in [0.25, 0.3) is 0 Å². The van der Waals surface area contributed by atoms with Gasteiger partial charge < -0.3 is 10.1 Å². The first-order valence-corrected chi connectivity index (χ1v) is 7.75. The van der Waals surface area contributed by atoms with E-state index in [-0.39, 0.29) is 0 Å². The smallest absolute Gasteiger partial charge is 0.122 e. The van der Waals surface area contributed by atoms with Gasteiger partial charge in [0.1, 0.15) is 5.75 Å². The van der Waals surface area contributed by atoms with Crippen molar-refractivity contribution in [3.05, 3.63) is 45.4 Å². The molecule has 0 saturated carbocycles. The van der Waals surface area contributed by atoms with Crippen LogP contribution in [0, 0.1) is 13.8 Å². The monoisotopic (exact) mass is 290 g/mol. The predicted molar refractivity (Wildman–Crippen MR) is 84.7 cm³/mol. The number of thiazole rings is 1. The number of benzene rings is 1. The van der Waals surface area contributed by atoms with Crippen LogP contribution in [0.1, 0.15) is 34.0 Å². The van der Waals surface area contributed by atoms with Crippen molar-refractivity contribution in [3.8, 4) is 5.75 Å². The molecule has 0 fully saturated rings. The molecule has 108 valence electrons. The zero-order valence-corrected chi connectivity index (χ0v) is 13.4. The van der Waals surface area contributed by atoms with Crippen LogP contribution in [0.2, 0.25) is 0 Å². The van der Waals surface area contributed by atoms with Crippen LogP contribution in [0.5, 0.6) is 5.75 Å². The molecule has 1 atom stereocenters. The van der Waals surface area contributed by atoms with Gasteiger partial charge >= 0.3 is 0 Å². The van der Waals surface area contributed by atoms with Crippen molar-refractivity contribution in [3.63, 3.8) is 0 Å². The molecular weight excluding hydrogens is 268 g/mol. The fraction of sp³-hybridized carbons (Fsp3) is 0.438. The Morgan fingerprint density at radius 2 is 2.15 bits per heavy atom. The van der Waals surface area contributed by atoms with E-state index in [4.69, 9.17) is 4.74 Å². The third kappa shape index (κ3) is 3.58. The van der Waals surface area contributed by atoms with Crippen molar-refractivity contribution in [2.75, 3.05) is 13.7 Å². The number of methoxy groups -OCH3 is 1. The van der Waals surface area contributed by atoms with E-state index in [1.807, 2.05) is 19.2 Å². The summed E-state index contributed by atoms with van der Waals surface area (Å²) < 4.78 is 5.48. The van der Waals surface area contributed by atoms with E-state index in [1.54, 1.807) is 18.4 Å². The van der Waals surface area contributed by atoms with Gasteiger partial charge in [0.2, 0.25) is 0 Å². The van der Waals surface area contributed by atoms with Crippen LogP contribution in [0.4, 0.5) is 0 Å². The summed E-state index contributed by atoms with van der Waals surface area (Å²) in [4.78, 5) is 5.65. The molecule has 2 aromatic rings. The lowest BCUT2D eigenvalue weighted by atomic mass is 10.0. The number of hydrogen-bond donors (Lipinski definition) is 1.